The Labute approximate surface area is 94.2 Å². The average molecular weight is 221 g/mol. The van der Waals surface area contributed by atoms with Crippen LogP contribution in [0.25, 0.3) is 0 Å². The van der Waals surface area contributed by atoms with Crippen LogP contribution < -0.4 is 20.7 Å². The maximum Gasteiger partial charge on any atom is 0.262 e. The highest BCUT2D eigenvalue weighted by molar-refractivity contribution is 5.95. The Balaban J connectivity index is 2.30. The standard InChI is InChI=1S/C11H15N3O2/c1-12-11(13-2)7-3-4-9-8(5-7)14-10(15)6-16-9/h3-5,11-13H,6H2,1-2H3,(H,14,15). The first kappa shape index (κ1) is 10.9. The van der Waals surface area contributed by atoms with Gasteiger partial charge in [-0.2, -0.15) is 0 Å². The molecule has 0 aliphatic carbocycles. The molecule has 0 saturated heterocycles. The van der Waals surface area contributed by atoms with Crippen molar-refractivity contribution in [3.63, 3.8) is 0 Å². The van der Waals surface area contributed by atoms with Crippen LogP contribution in [0.4, 0.5) is 5.69 Å². The molecule has 16 heavy (non-hydrogen) atoms. The van der Waals surface area contributed by atoms with Crippen molar-refractivity contribution in [2.24, 2.45) is 0 Å². The molecule has 0 saturated carbocycles. The fourth-order valence-electron chi connectivity index (χ4n) is 1.76. The van der Waals surface area contributed by atoms with Gasteiger partial charge in [0, 0.05) is 0 Å². The van der Waals surface area contributed by atoms with Crippen LogP contribution in [0.1, 0.15) is 11.7 Å². The van der Waals surface area contributed by atoms with E-state index < -0.39 is 0 Å². The number of ether oxygens (including phenoxy) is 1. The van der Waals surface area contributed by atoms with E-state index in [-0.39, 0.29) is 18.7 Å². The number of hydrogen-bond donors (Lipinski definition) is 3. The molecule has 86 valence electrons. The minimum atomic E-state index is -0.116. The fourth-order valence-corrected chi connectivity index (χ4v) is 1.76. The number of hydrogen-bond acceptors (Lipinski definition) is 4. The molecule has 1 amide bonds. The molecule has 5 heteroatoms. The molecule has 0 radical (unpaired) electrons. The van der Waals surface area contributed by atoms with Crippen LogP contribution in [-0.2, 0) is 4.79 Å². The van der Waals surface area contributed by atoms with Gasteiger partial charge >= 0.3 is 0 Å². The molecule has 5 nitrogen and oxygen atoms in total. The summed E-state index contributed by atoms with van der Waals surface area (Å²) in [5, 5.41) is 9.03. The summed E-state index contributed by atoms with van der Waals surface area (Å²) in [5.41, 5.74) is 1.78. The Morgan fingerprint density at radius 2 is 2.12 bits per heavy atom. The van der Waals surface area contributed by atoms with E-state index in [0.29, 0.717) is 5.75 Å². The molecule has 1 aliphatic heterocycles. The van der Waals surface area contributed by atoms with Gasteiger partial charge in [-0.05, 0) is 31.8 Å². The second-order valence-corrected chi connectivity index (χ2v) is 3.60. The Kier molecular flexibility index (Phi) is 3.07. The predicted molar refractivity (Wildman–Crippen MR) is 61.4 cm³/mol. The maximum atomic E-state index is 11.2. The van der Waals surface area contributed by atoms with Crippen LogP contribution in [0.15, 0.2) is 18.2 Å². The minimum absolute atomic E-state index is 0.0594. The van der Waals surface area contributed by atoms with E-state index in [0.717, 1.165) is 11.3 Å². The second kappa shape index (κ2) is 4.51. The van der Waals surface area contributed by atoms with Crippen molar-refractivity contribution >= 4 is 11.6 Å². The zero-order valence-electron chi connectivity index (χ0n) is 9.33. The van der Waals surface area contributed by atoms with Gasteiger partial charge in [0.05, 0.1) is 11.9 Å². The van der Waals surface area contributed by atoms with Crippen molar-refractivity contribution in [3.8, 4) is 5.75 Å². The lowest BCUT2D eigenvalue weighted by molar-refractivity contribution is -0.118. The van der Waals surface area contributed by atoms with E-state index in [1.54, 1.807) is 0 Å². The average Bonchev–Trinajstić information content (AvgIpc) is 2.30. The van der Waals surface area contributed by atoms with Gasteiger partial charge in [-0.25, -0.2) is 0 Å². The van der Waals surface area contributed by atoms with Crippen LogP contribution in [0, 0.1) is 0 Å². The van der Waals surface area contributed by atoms with E-state index in [2.05, 4.69) is 16.0 Å². The third kappa shape index (κ3) is 2.00. The summed E-state index contributed by atoms with van der Waals surface area (Å²) < 4.78 is 5.28. The van der Waals surface area contributed by atoms with E-state index in [9.17, 15) is 4.79 Å². The van der Waals surface area contributed by atoms with Gasteiger partial charge in [-0.3, -0.25) is 4.79 Å². The number of anilines is 1. The van der Waals surface area contributed by atoms with E-state index >= 15 is 0 Å². The molecule has 2 rings (SSSR count). The molecule has 0 aromatic heterocycles. The van der Waals surface area contributed by atoms with Crippen molar-refractivity contribution in [3.05, 3.63) is 23.8 Å². The zero-order valence-corrected chi connectivity index (χ0v) is 9.33. The molecule has 0 spiro atoms. The monoisotopic (exact) mass is 221 g/mol. The van der Waals surface area contributed by atoms with Gasteiger partial charge in [0.25, 0.3) is 5.91 Å². The van der Waals surface area contributed by atoms with Crippen molar-refractivity contribution in [1.29, 1.82) is 0 Å². The highest BCUT2D eigenvalue weighted by Crippen LogP contribution is 2.29. The highest BCUT2D eigenvalue weighted by Gasteiger charge is 2.17. The van der Waals surface area contributed by atoms with Crippen LogP contribution >= 0.6 is 0 Å². The summed E-state index contributed by atoms with van der Waals surface area (Å²) in [6, 6.07) is 5.74. The molecule has 3 N–H and O–H groups in total. The number of amides is 1. The molecule has 1 aliphatic rings. The van der Waals surface area contributed by atoms with Gasteiger partial charge in [0.2, 0.25) is 0 Å². The number of benzene rings is 1. The van der Waals surface area contributed by atoms with Crippen LogP contribution in [-0.4, -0.2) is 26.6 Å². The molecule has 0 atom stereocenters. The Bertz CT molecular complexity index is 402. The largest absolute Gasteiger partial charge is 0.482 e. The highest BCUT2D eigenvalue weighted by atomic mass is 16.5. The Morgan fingerprint density at radius 3 is 2.81 bits per heavy atom. The van der Waals surface area contributed by atoms with Gasteiger partial charge in [0.15, 0.2) is 6.61 Å². The van der Waals surface area contributed by atoms with Crippen molar-refractivity contribution in [2.75, 3.05) is 26.0 Å². The van der Waals surface area contributed by atoms with E-state index in [1.165, 1.54) is 0 Å². The van der Waals surface area contributed by atoms with Gasteiger partial charge in [-0.15, -0.1) is 0 Å². The van der Waals surface area contributed by atoms with Crippen LogP contribution in [0.3, 0.4) is 0 Å². The third-order valence-electron chi connectivity index (χ3n) is 2.55. The molecule has 0 bridgehead atoms. The minimum Gasteiger partial charge on any atom is -0.482 e. The summed E-state index contributed by atoms with van der Waals surface area (Å²) >= 11 is 0. The number of nitrogens with one attached hydrogen (secondary N) is 3. The summed E-state index contributed by atoms with van der Waals surface area (Å²) in [7, 11) is 3.74. The number of carbonyl (C=O) groups is 1. The SMILES string of the molecule is CNC(NC)c1ccc2c(c1)NC(=O)CO2. The summed E-state index contributed by atoms with van der Waals surface area (Å²) in [6.07, 6.45) is 0.0594. The van der Waals surface area contributed by atoms with E-state index in [1.807, 2.05) is 32.3 Å². The molecule has 1 heterocycles. The normalized spacial score (nSPS) is 14.3. The van der Waals surface area contributed by atoms with Crippen molar-refractivity contribution < 1.29 is 9.53 Å². The zero-order chi connectivity index (χ0) is 11.5. The lowest BCUT2D eigenvalue weighted by Crippen LogP contribution is -2.29. The predicted octanol–water partition coefficient (Wildman–Crippen LogP) is 0.455. The number of rotatable bonds is 3. The Morgan fingerprint density at radius 1 is 1.38 bits per heavy atom. The lowest BCUT2D eigenvalue weighted by atomic mass is 10.1. The quantitative estimate of drug-likeness (QED) is 0.649. The summed E-state index contributed by atoms with van der Waals surface area (Å²) in [5.74, 6) is 0.601. The smallest absolute Gasteiger partial charge is 0.262 e. The van der Waals surface area contributed by atoms with Gasteiger partial charge in [-0.1, -0.05) is 6.07 Å². The molecule has 1 aromatic rings. The lowest BCUT2D eigenvalue weighted by Gasteiger charge is -2.21. The van der Waals surface area contributed by atoms with E-state index in [4.69, 9.17) is 4.74 Å². The van der Waals surface area contributed by atoms with Crippen molar-refractivity contribution in [1.82, 2.24) is 10.6 Å². The maximum absolute atomic E-state index is 11.2. The van der Waals surface area contributed by atoms with Crippen LogP contribution in [0.2, 0.25) is 0 Å². The number of carbonyl (C=O) groups excluding carboxylic acids is 1. The topological polar surface area (TPSA) is 62.4 Å². The number of fused-ring (bicyclic) bond motifs is 1. The molecular formula is C11H15N3O2. The summed E-state index contributed by atoms with van der Waals surface area (Å²) in [4.78, 5) is 11.2. The molecular weight excluding hydrogens is 206 g/mol. The van der Waals surface area contributed by atoms with Gasteiger partial charge in [0.1, 0.15) is 5.75 Å². The van der Waals surface area contributed by atoms with Gasteiger partial charge < -0.3 is 20.7 Å². The second-order valence-electron chi connectivity index (χ2n) is 3.60. The first-order valence-corrected chi connectivity index (χ1v) is 5.15. The van der Waals surface area contributed by atoms with Crippen LogP contribution in [0.5, 0.6) is 5.75 Å². The van der Waals surface area contributed by atoms with Crippen molar-refractivity contribution in [2.45, 2.75) is 6.17 Å². The third-order valence-corrected chi connectivity index (χ3v) is 2.55. The first-order valence-electron chi connectivity index (χ1n) is 5.15. The molecule has 0 unspecified atom stereocenters. The molecule has 0 fully saturated rings. The fraction of sp³-hybridized carbons (Fsp3) is 0.364. The first-order chi connectivity index (χ1) is 7.74. The summed E-state index contributed by atoms with van der Waals surface area (Å²) in [6.45, 7) is 0.0911. The molecule has 1 aromatic carbocycles. The Hall–Kier alpha value is -1.59.